The Bertz CT molecular complexity index is 1140. The zero-order valence-corrected chi connectivity index (χ0v) is 18.9. The van der Waals surface area contributed by atoms with Crippen molar-refractivity contribution in [1.82, 2.24) is 19.7 Å². The van der Waals surface area contributed by atoms with Gasteiger partial charge in [0, 0.05) is 55.7 Å². The van der Waals surface area contributed by atoms with Gasteiger partial charge in [0.2, 0.25) is 0 Å². The van der Waals surface area contributed by atoms with Gasteiger partial charge < -0.3 is 9.80 Å². The highest BCUT2D eigenvalue weighted by Gasteiger charge is 2.26. The highest BCUT2D eigenvalue weighted by molar-refractivity contribution is 6.05. The first-order chi connectivity index (χ1) is 15.3. The second-order valence-electron chi connectivity index (χ2n) is 8.72. The zero-order valence-electron chi connectivity index (χ0n) is 18.9. The molecular formula is C23H28N6O3. The molecule has 0 aliphatic carbocycles. The summed E-state index contributed by atoms with van der Waals surface area (Å²) in [6.07, 6.45) is 1.74. The van der Waals surface area contributed by atoms with E-state index >= 15 is 0 Å². The van der Waals surface area contributed by atoms with Crippen LogP contribution < -0.4 is 4.90 Å². The van der Waals surface area contributed by atoms with Gasteiger partial charge in [0.05, 0.1) is 22.1 Å². The summed E-state index contributed by atoms with van der Waals surface area (Å²) in [5, 5.41) is 16.1. The van der Waals surface area contributed by atoms with Crippen LogP contribution in [0.25, 0.3) is 11.0 Å². The summed E-state index contributed by atoms with van der Waals surface area (Å²) < 4.78 is 1.87. The first-order valence-corrected chi connectivity index (χ1v) is 10.9. The molecule has 168 valence electrons. The van der Waals surface area contributed by atoms with Crippen molar-refractivity contribution < 1.29 is 9.72 Å². The van der Waals surface area contributed by atoms with E-state index in [1.165, 1.54) is 12.1 Å². The van der Waals surface area contributed by atoms with Gasteiger partial charge in [-0.25, -0.2) is 9.67 Å². The van der Waals surface area contributed by atoms with Gasteiger partial charge in [-0.05, 0) is 38.0 Å². The molecule has 0 saturated carbocycles. The maximum Gasteiger partial charge on any atom is 0.269 e. The van der Waals surface area contributed by atoms with Crippen molar-refractivity contribution in [3.63, 3.8) is 0 Å². The molecule has 3 heterocycles. The lowest BCUT2D eigenvalue weighted by atomic mass is 10.0. The fourth-order valence-electron chi connectivity index (χ4n) is 4.01. The topological polar surface area (TPSA) is 97.4 Å². The van der Waals surface area contributed by atoms with Crippen LogP contribution in [0.5, 0.6) is 0 Å². The van der Waals surface area contributed by atoms with Crippen LogP contribution in [0, 0.1) is 10.1 Å². The number of pyridine rings is 1. The number of fused-ring (bicyclic) bond motifs is 1. The van der Waals surface area contributed by atoms with Gasteiger partial charge in [-0.3, -0.25) is 14.9 Å². The van der Waals surface area contributed by atoms with Gasteiger partial charge in [-0.15, -0.1) is 0 Å². The number of aromatic nitrogens is 3. The third kappa shape index (κ3) is 4.02. The number of benzene rings is 1. The average molecular weight is 437 g/mol. The van der Waals surface area contributed by atoms with Crippen LogP contribution in [0.15, 0.2) is 36.5 Å². The molecule has 0 spiro atoms. The number of anilines is 1. The number of amides is 1. The number of hydrogen-bond acceptors (Lipinski definition) is 6. The predicted molar refractivity (Wildman–Crippen MR) is 123 cm³/mol. The third-order valence-electron chi connectivity index (χ3n) is 5.89. The largest absolute Gasteiger partial charge is 0.368 e. The smallest absolute Gasteiger partial charge is 0.269 e. The van der Waals surface area contributed by atoms with Crippen LogP contribution in [0.4, 0.5) is 11.4 Å². The molecule has 1 amide bonds. The van der Waals surface area contributed by atoms with Gasteiger partial charge in [0.15, 0.2) is 5.65 Å². The third-order valence-corrected chi connectivity index (χ3v) is 5.89. The molecule has 1 aliphatic rings. The number of carbonyl (C=O) groups excluding carboxylic acids is 1. The summed E-state index contributed by atoms with van der Waals surface area (Å²) in [5.41, 5.74) is 3.28. The average Bonchev–Trinajstić information content (AvgIpc) is 3.22. The first kappa shape index (κ1) is 21.7. The number of nitro groups is 1. The van der Waals surface area contributed by atoms with Crippen molar-refractivity contribution in [3.8, 4) is 0 Å². The molecule has 2 aromatic heterocycles. The Balaban J connectivity index is 1.56. The fourth-order valence-corrected chi connectivity index (χ4v) is 4.01. The number of carbonyl (C=O) groups is 1. The van der Waals surface area contributed by atoms with E-state index in [-0.39, 0.29) is 23.6 Å². The Morgan fingerprint density at radius 2 is 1.72 bits per heavy atom. The normalized spacial score (nSPS) is 14.6. The van der Waals surface area contributed by atoms with E-state index in [1.54, 1.807) is 18.3 Å². The van der Waals surface area contributed by atoms with E-state index in [1.807, 2.05) is 15.6 Å². The Hall–Kier alpha value is -3.49. The van der Waals surface area contributed by atoms with E-state index in [0.29, 0.717) is 31.7 Å². The second kappa shape index (κ2) is 8.57. The molecule has 1 aromatic carbocycles. The molecule has 0 radical (unpaired) electrons. The van der Waals surface area contributed by atoms with Crippen LogP contribution in [-0.4, -0.2) is 56.7 Å². The van der Waals surface area contributed by atoms with Crippen molar-refractivity contribution in [2.45, 2.75) is 39.7 Å². The van der Waals surface area contributed by atoms with Gasteiger partial charge >= 0.3 is 0 Å². The lowest BCUT2D eigenvalue weighted by Crippen LogP contribution is -2.48. The minimum atomic E-state index is -0.400. The van der Waals surface area contributed by atoms with E-state index in [4.69, 9.17) is 4.98 Å². The van der Waals surface area contributed by atoms with E-state index in [0.717, 1.165) is 22.4 Å². The number of rotatable bonds is 5. The van der Waals surface area contributed by atoms with Gasteiger partial charge in [0.25, 0.3) is 11.6 Å². The van der Waals surface area contributed by atoms with Crippen molar-refractivity contribution >= 4 is 28.3 Å². The van der Waals surface area contributed by atoms with Crippen molar-refractivity contribution in [1.29, 1.82) is 0 Å². The van der Waals surface area contributed by atoms with Crippen LogP contribution in [-0.2, 0) is 0 Å². The van der Waals surface area contributed by atoms with Crippen LogP contribution in [0.1, 0.15) is 55.7 Å². The summed E-state index contributed by atoms with van der Waals surface area (Å²) in [4.78, 5) is 32.8. The summed E-state index contributed by atoms with van der Waals surface area (Å²) in [6, 6.07) is 8.61. The fraction of sp³-hybridized carbons (Fsp3) is 0.435. The molecule has 0 unspecified atom stereocenters. The molecule has 0 bridgehead atoms. The Kier molecular flexibility index (Phi) is 5.82. The number of non-ortho nitro benzene ring substituents is 1. The van der Waals surface area contributed by atoms with Crippen molar-refractivity contribution in [2.24, 2.45) is 0 Å². The number of nitro benzene ring substituents is 1. The lowest BCUT2D eigenvalue weighted by molar-refractivity contribution is -0.384. The van der Waals surface area contributed by atoms with E-state index in [9.17, 15) is 14.9 Å². The minimum Gasteiger partial charge on any atom is -0.368 e. The summed E-state index contributed by atoms with van der Waals surface area (Å²) in [6.45, 7) is 10.7. The number of piperazine rings is 1. The van der Waals surface area contributed by atoms with Crippen LogP contribution in [0.3, 0.4) is 0 Å². The van der Waals surface area contributed by atoms with E-state index in [2.05, 4.69) is 37.7 Å². The molecule has 9 nitrogen and oxygen atoms in total. The first-order valence-electron chi connectivity index (χ1n) is 10.9. The molecule has 1 fully saturated rings. The molecule has 32 heavy (non-hydrogen) atoms. The van der Waals surface area contributed by atoms with E-state index < -0.39 is 4.92 Å². The number of hydrogen-bond donors (Lipinski definition) is 0. The Morgan fingerprint density at radius 3 is 2.28 bits per heavy atom. The maximum absolute atomic E-state index is 13.5. The quantitative estimate of drug-likeness (QED) is 0.443. The summed E-state index contributed by atoms with van der Waals surface area (Å²) in [5.74, 6) is 0.186. The van der Waals surface area contributed by atoms with Crippen molar-refractivity contribution in [2.75, 3.05) is 31.1 Å². The lowest BCUT2D eigenvalue weighted by Gasteiger charge is -2.36. The van der Waals surface area contributed by atoms with Gasteiger partial charge in [0.1, 0.15) is 0 Å². The molecule has 3 aromatic rings. The molecule has 1 saturated heterocycles. The van der Waals surface area contributed by atoms with Crippen LogP contribution >= 0.6 is 0 Å². The Labute approximate surface area is 186 Å². The maximum atomic E-state index is 13.5. The van der Waals surface area contributed by atoms with Crippen LogP contribution in [0.2, 0.25) is 0 Å². The number of nitrogens with zero attached hydrogens (tertiary/aromatic N) is 6. The predicted octanol–water partition coefficient (Wildman–Crippen LogP) is 4.01. The second-order valence-corrected chi connectivity index (χ2v) is 8.72. The highest BCUT2D eigenvalue weighted by Crippen LogP contribution is 2.26. The van der Waals surface area contributed by atoms with Crippen molar-refractivity contribution in [3.05, 3.63) is 57.9 Å². The molecule has 9 heteroatoms. The molecule has 4 rings (SSSR count). The molecule has 0 atom stereocenters. The summed E-state index contributed by atoms with van der Waals surface area (Å²) >= 11 is 0. The molecule has 0 N–H and O–H groups in total. The minimum absolute atomic E-state index is 0.00837. The molecule has 1 aliphatic heterocycles. The molecular weight excluding hydrogens is 408 g/mol. The zero-order chi connectivity index (χ0) is 23.0. The van der Waals surface area contributed by atoms with Gasteiger partial charge in [-0.2, -0.15) is 5.10 Å². The SMILES string of the molecule is CC(C)c1cc(C(=O)N2CCN(c3ccc([N+](=O)[O-])cc3)CC2)c2cnn(C(C)C)c2n1. The standard InChI is InChI=1S/C23H28N6O3/c1-15(2)21-13-19(20-14-24-28(16(3)4)22(20)25-21)23(30)27-11-9-26(10-12-27)17-5-7-18(8-6-17)29(31)32/h5-8,13-16H,9-12H2,1-4H3. The highest BCUT2D eigenvalue weighted by atomic mass is 16.6. The summed E-state index contributed by atoms with van der Waals surface area (Å²) in [7, 11) is 0. The Morgan fingerprint density at radius 1 is 1.06 bits per heavy atom. The van der Waals surface area contributed by atoms with Gasteiger partial charge in [-0.1, -0.05) is 13.8 Å². The monoisotopic (exact) mass is 436 g/mol.